The molecule has 1 unspecified atom stereocenters. The number of carbonyl (C=O) groups excluding carboxylic acids is 1. The van der Waals surface area contributed by atoms with Gasteiger partial charge in [0.1, 0.15) is 5.75 Å². The number of amides is 1. The Kier molecular flexibility index (Phi) is 5.81. The second-order valence-electron chi connectivity index (χ2n) is 5.90. The largest absolute Gasteiger partial charge is 0.411 e. The standard InChI is InChI=1S/C15H19ClN4O4S/c1-8(2)13(17)14-19-20-15(24-14)25(22,23)7-12(21)18-11-6-4-5-10(16)9(11)3/h4-6,8,13H,7,17H2,1-3H3,(H,18,21). The maximum absolute atomic E-state index is 12.3. The van der Waals surface area contributed by atoms with Crippen LogP contribution in [0.5, 0.6) is 0 Å². The van der Waals surface area contributed by atoms with Gasteiger partial charge in [0.05, 0.1) is 6.04 Å². The third-order valence-corrected chi connectivity index (χ3v) is 5.30. The molecule has 136 valence electrons. The Balaban J connectivity index is 2.13. The molecule has 0 radical (unpaired) electrons. The number of halogens is 1. The fourth-order valence-corrected chi connectivity index (χ4v) is 3.02. The number of aromatic nitrogens is 2. The Morgan fingerprint density at radius 2 is 2.04 bits per heavy atom. The number of hydrogen-bond donors (Lipinski definition) is 2. The molecule has 0 spiro atoms. The fourth-order valence-electron chi connectivity index (χ4n) is 1.93. The molecule has 8 nitrogen and oxygen atoms in total. The van der Waals surface area contributed by atoms with E-state index in [1.807, 2.05) is 13.8 Å². The Labute approximate surface area is 150 Å². The minimum Gasteiger partial charge on any atom is -0.411 e. The molecule has 1 aromatic heterocycles. The Morgan fingerprint density at radius 3 is 2.68 bits per heavy atom. The van der Waals surface area contributed by atoms with Crippen molar-refractivity contribution in [3.05, 3.63) is 34.7 Å². The zero-order chi connectivity index (χ0) is 18.8. The molecule has 2 aromatic rings. The molecule has 0 aliphatic rings. The summed E-state index contributed by atoms with van der Waals surface area (Å²) in [4.78, 5) is 12.1. The average molecular weight is 387 g/mol. The van der Waals surface area contributed by atoms with Gasteiger partial charge in [-0.3, -0.25) is 4.79 Å². The van der Waals surface area contributed by atoms with E-state index in [0.29, 0.717) is 16.3 Å². The van der Waals surface area contributed by atoms with Gasteiger partial charge in [-0.25, -0.2) is 8.42 Å². The molecular weight excluding hydrogens is 368 g/mol. The highest BCUT2D eigenvalue weighted by atomic mass is 35.5. The maximum atomic E-state index is 12.3. The molecule has 0 aliphatic carbocycles. The number of benzene rings is 1. The number of nitrogens with two attached hydrogens (primary N) is 1. The highest BCUT2D eigenvalue weighted by Gasteiger charge is 2.28. The van der Waals surface area contributed by atoms with Crippen molar-refractivity contribution in [3.63, 3.8) is 0 Å². The molecule has 3 N–H and O–H groups in total. The van der Waals surface area contributed by atoms with Gasteiger partial charge in [0.2, 0.25) is 21.6 Å². The van der Waals surface area contributed by atoms with E-state index in [-0.39, 0.29) is 11.8 Å². The van der Waals surface area contributed by atoms with Crippen LogP contribution in [0, 0.1) is 12.8 Å². The minimum atomic E-state index is -4.08. The van der Waals surface area contributed by atoms with Crippen molar-refractivity contribution in [2.75, 3.05) is 11.1 Å². The Hall–Kier alpha value is -1.97. The molecule has 0 saturated heterocycles. The van der Waals surface area contributed by atoms with Crippen molar-refractivity contribution >= 4 is 33.0 Å². The molecule has 0 fully saturated rings. The first-order chi connectivity index (χ1) is 11.6. The summed E-state index contributed by atoms with van der Waals surface area (Å²) in [6.07, 6.45) is 0. The van der Waals surface area contributed by atoms with Crippen LogP contribution in [0.2, 0.25) is 5.02 Å². The van der Waals surface area contributed by atoms with E-state index in [1.165, 1.54) is 0 Å². The van der Waals surface area contributed by atoms with Crippen molar-refractivity contribution in [2.45, 2.75) is 32.0 Å². The monoisotopic (exact) mass is 386 g/mol. The van der Waals surface area contributed by atoms with Gasteiger partial charge in [0.15, 0.2) is 0 Å². The summed E-state index contributed by atoms with van der Waals surface area (Å²) in [5.74, 6) is -1.57. The molecule has 10 heteroatoms. The van der Waals surface area contributed by atoms with Crippen molar-refractivity contribution < 1.29 is 17.6 Å². The normalized spacial score (nSPS) is 13.0. The zero-order valence-corrected chi connectivity index (χ0v) is 15.6. The molecule has 0 bridgehead atoms. The molecule has 1 amide bonds. The van der Waals surface area contributed by atoms with Crippen LogP contribution < -0.4 is 11.1 Å². The SMILES string of the molecule is Cc1c(Cl)cccc1NC(=O)CS(=O)(=O)c1nnc(C(N)C(C)C)o1. The van der Waals surface area contributed by atoms with Crippen LogP contribution in [0.15, 0.2) is 27.8 Å². The summed E-state index contributed by atoms with van der Waals surface area (Å²) in [7, 11) is -4.08. The third kappa shape index (κ3) is 4.56. The summed E-state index contributed by atoms with van der Waals surface area (Å²) in [5, 5.41) is 9.49. The van der Waals surface area contributed by atoms with Crippen molar-refractivity contribution in [3.8, 4) is 0 Å². The minimum absolute atomic E-state index is 0.00916. The first kappa shape index (κ1) is 19.4. The number of hydrogen-bond acceptors (Lipinski definition) is 7. The summed E-state index contributed by atoms with van der Waals surface area (Å²) < 4.78 is 29.7. The van der Waals surface area contributed by atoms with Gasteiger partial charge >= 0.3 is 5.22 Å². The Bertz CT molecular complexity index is 879. The van der Waals surface area contributed by atoms with Crippen molar-refractivity contribution in [1.29, 1.82) is 0 Å². The lowest BCUT2D eigenvalue weighted by Crippen LogP contribution is -2.23. The average Bonchev–Trinajstić information content (AvgIpc) is 3.01. The van der Waals surface area contributed by atoms with Crippen LogP contribution in [0.3, 0.4) is 0 Å². The smallest absolute Gasteiger partial charge is 0.336 e. The summed E-state index contributed by atoms with van der Waals surface area (Å²) in [6.45, 7) is 5.39. The summed E-state index contributed by atoms with van der Waals surface area (Å²) in [6, 6.07) is 4.36. The molecular formula is C15H19ClN4O4S. The molecule has 2 rings (SSSR count). The van der Waals surface area contributed by atoms with E-state index in [1.54, 1.807) is 25.1 Å². The van der Waals surface area contributed by atoms with E-state index in [2.05, 4.69) is 15.5 Å². The zero-order valence-electron chi connectivity index (χ0n) is 14.0. The van der Waals surface area contributed by atoms with Crippen LogP contribution in [0.25, 0.3) is 0 Å². The lowest BCUT2D eigenvalue weighted by atomic mass is 10.1. The number of anilines is 1. The van der Waals surface area contributed by atoms with Crippen LogP contribution in [0.1, 0.15) is 31.3 Å². The Morgan fingerprint density at radius 1 is 1.36 bits per heavy atom. The van der Waals surface area contributed by atoms with Gasteiger partial charge in [-0.05, 0) is 30.5 Å². The van der Waals surface area contributed by atoms with E-state index < -0.39 is 32.8 Å². The molecule has 0 aliphatic heterocycles. The van der Waals surface area contributed by atoms with Gasteiger partial charge in [-0.15, -0.1) is 5.10 Å². The summed E-state index contributed by atoms with van der Waals surface area (Å²) >= 11 is 5.97. The second-order valence-corrected chi connectivity index (χ2v) is 8.17. The van der Waals surface area contributed by atoms with E-state index in [4.69, 9.17) is 21.8 Å². The topological polar surface area (TPSA) is 128 Å². The van der Waals surface area contributed by atoms with Crippen LogP contribution >= 0.6 is 11.6 Å². The van der Waals surface area contributed by atoms with Crippen molar-refractivity contribution in [1.82, 2.24) is 10.2 Å². The van der Waals surface area contributed by atoms with E-state index in [0.717, 1.165) is 0 Å². The lowest BCUT2D eigenvalue weighted by Gasteiger charge is -2.10. The quantitative estimate of drug-likeness (QED) is 0.777. The third-order valence-electron chi connectivity index (χ3n) is 3.55. The highest BCUT2D eigenvalue weighted by Crippen LogP contribution is 2.23. The number of carbonyl (C=O) groups is 1. The molecule has 1 aromatic carbocycles. The second kappa shape index (κ2) is 7.51. The number of rotatable bonds is 6. The van der Waals surface area contributed by atoms with Crippen LogP contribution in [0.4, 0.5) is 5.69 Å². The van der Waals surface area contributed by atoms with Gasteiger partial charge in [-0.1, -0.05) is 36.6 Å². The molecule has 1 heterocycles. The van der Waals surface area contributed by atoms with E-state index >= 15 is 0 Å². The predicted octanol–water partition coefficient (Wildman–Crippen LogP) is 2.10. The first-order valence-corrected chi connectivity index (χ1v) is 9.51. The predicted molar refractivity (Wildman–Crippen MR) is 92.9 cm³/mol. The van der Waals surface area contributed by atoms with Gasteiger partial charge in [-0.2, -0.15) is 0 Å². The number of nitrogens with zero attached hydrogens (tertiary/aromatic N) is 2. The van der Waals surface area contributed by atoms with Gasteiger partial charge < -0.3 is 15.5 Å². The fraction of sp³-hybridized carbons (Fsp3) is 0.400. The van der Waals surface area contributed by atoms with E-state index in [9.17, 15) is 13.2 Å². The highest BCUT2D eigenvalue weighted by molar-refractivity contribution is 7.91. The van der Waals surface area contributed by atoms with Crippen LogP contribution in [-0.4, -0.2) is 30.3 Å². The lowest BCUT2D eigenvalue weighted by molar-refractivity contribution is -0.113. The van der Waals surface area contributed by atoms with Gasteiger partial charge in [0.25, 0.3) is 0 Å². The summed E-state index contributed by atoms with van der Waals surface area (Å²) in [5.41, 5.74) is 6.91. The number of nitrogens with one attached hydrogen (secondary N) is 1. The van der Waals surface area contributed by atoms with Gasteiger partial charge in [0, 0.05) is 10.7 Å². The molecule has 1 atom stereocenters. The number of sulfone groups is 1. The van der Waals surface area contributed by atoms with Crippen molar-refractivity contribution in [2.24, 2.45) is 11.7 Å². The molecule has 25 heavy (non-hydrogen) atoms. The maximum Gasteiger partial charge on any atom is 0.336 e. The molecule has 0 saturated carbocycles. The first-order valence-electron chi connectivity index (χ1n) is 7.48. The van der Waals surface area contributed by atoms with Crippen LogP contribution in [-0.2, 0) is 14.6 Å².